The number of fused-ring (bicyclic) bond motifs is 3. The predicted octanol–water partition coefficient (Wildman–Crippen LogP) is 1.80. The molecular weight excluding hydrogens is 678 g/mol. The van der Waals surface area contributed by atoms with Gasteiger partial charge in [-0.2, -0.15) is 10.1 Å². The Labute approximate surface area is 306 Å². The first-order chi connectivity index (χ1) is 25.6. The molecule has 2 aromatic carbocycles. The number of rotatable bonds is 13. The standard InChI is InChI=1S/C37H45N11O5/c1-24(49)8-15-52-16-14-45-10-12-46(13-11-45)31(50)21-44(2)22-32(51)47-9-7-26-17-25(3-4-28(26)20-47)19-48-36-33(35(38)40-23-41-36)34(43-48)27-5-6-30-29(18-27)42-37(39)53-30/h3-6,17-18,23H,7-16,19-22H2,1-2H3,(H2,39,42)(H2,38,40,41). The second-order valence-corrected chi connectivity index (χ2v) is 13.8. The number of hydrogen-bond donors (Lipinski definition) is 2. The fourth-order valence-corrected chi connectivity index (χ4v) is 6.98. The van der Waals surface area contributed by atoms with Crippen LogP contribution in [0, 0.1) is 0 Å². The van der Waals surface area contributed by atoms with Crippen molar-refractivity contribution in [2.45, 2.75) is 32.9 Å². The quantitative estimate of drug-likeness (QED) is 0.167. The largest absolute Gasteiger partial charge is 0.424 e. The Morgan fingerprint density at radius 1 is 0.925 bits per heavy atom. The lowest BCUT2D eigenvalue weighted by molar-refractivity contribution is -0.136. The molecule has 2 aliphatic heterocycles. The van der Waals surface area contributed by atoms with Crippen LogP contribution in [0.25, 0.3) is 33.4 Å². The summed E-state index contributed by atoms with van der Waals surface area (Å²) >= 11 is 0. The summed E-state index contributed by atoms with van der Waals surface area (Å²) < 4.78 is 12.8. The molecule has 4 N–H and O–H groups in total. The average Bonchev–Trinajstić information content (AvgIpc) is 3.70. The van der Waals surface area contributed by atoms with Gasteiger partial charge in [-0.15, -0.1) is 0 Å². The average molecular weight is 724 g/mol. The monoisotopic (exact) mass is 723 g/mol. The van der Waals surface area contributed by atoms with Crippen LogP contribution in [0.5, 0.6) is 0 Å². The number of nitrogens with zero attached hydrogens (tertiary/aromatic N) is 9. The van der Waals surface area contributed by atoms with E-state index in [0.29, 0.717) is 86.0 Å². The van der Waals surface area contributed by atoms with Gasteiger partial charge in [0, 0.05) is 57.8 Å². The number of anilines is 2. The molecule has 278 valence electrons. The molecule has 0 spiro atoms. The van der Waals surface area contributed by atoms with Crippen LogP contribution in [-0.4, -0.2) is 135 Å². The Kier molecular flexibility index (Phi) is 10.6. The highest BCUT2D eigenvalue weighted by Crippen LogP contribution is 2.33. The summed E-state index contributed by atoms with van der Waals surface area (Å²) in [5, 5.41) is 5.58. The Hall–Kier alpha value is -5.45. The molecule has 53 heavy (non-hydrogen) atoms. The van der Waals surface area contributed by atoms with Crippen molar-refractivity contribution in [1.82, 2.24) is 44.3 Å². The van der Waals surface area contributed by atoms with Gasteiger partial charge in [0.25, 0.3) is 6.01 Å². The van der Waals surface area contributed by atoms with E-state index in [2.05, 4.69) is 38.1 Å². The number of nitrogens with two attached hydrogens (primary N) is 2. The van der Waals surface area contributed by atoms with Gasteiger partial charge >= 0.3 is 0 Å². The molecule has 0 bridgehead atoms. The summed E-state index contributed by atoms with van der Waals surface area (Å²) in [7, 11) is 1.82. The number of likely N-dealkylation sites (N-methyl/N-ethyl adjacent to an activating group) is 1. The number of oxazole rings is 1. The zero-order valence-electron chi connectivity index (χ0n) is 30.2. The van der Waals surface area contributed by atoms with E-state index in [4.69, 9.17) is 25.7 Å². The zero-order chi connectivity index (χ0) is 37.1. The molecular formula is C37H45N11O5. The van der Waals surface area contributed by atoms with Gasteiger partial charge in [0.15, 0.2) is 11.2 Å². The Bertz CT molecular complexity index is 2140. The molecule has 1 fully saturated rings. The molecule has 5 heterocycles. The molecule has 1 saturated heterocycles. The number of hydrogen-bond acceptors (Lipinski definition) is 13. The predicted molar refractivity (Wildman–Crippen MR) is 198 cm³/mol. The summed E-state index contributed by atoms with van der Waals surface area (Å²) in [4.78, 5) is 58.2. The molecule has 0 unspecified atom stereocenters. The smallest absolute Gasteiger partial charge is 0.292 e. The molecule has 16 nitrogen and oxygen atoms in total. The number of Topliss-reactive ketones (excluding diaryl/α,β-unsaturated/α-hetero) is 1. The minimum Gasteiger partial charge on any atom is -0.424 e. The highest BCUT2D eigenvalue weighted by molar-refractivity contribution is 5.99. The van der Waals surface area contributed by atoms with Crippen LogP contribution in [0.1, 0.15) is 30.0 Å². The molecule has 16 heteroatoms. The van der Waals surface area contributed by atoms with Crippen LogP contribution in [0.3, 0.4) is 0 Å². The van der Waals surface area contributed by atoms with E-state index >= 15 is 0 Å². The van der Waals surface area contributed by atoms with E-state index in [1.165, 1.54) is 11.9 Å². The van der Waals surface area contributed by atoms with Gasteiger partial charge in [0.2, 0.25) is 11.8 Å². The van der Waals surface area contributed by atoms with Gasteiger partial charge in [0.05, 0.1) is 38.2 Å². The Balaban J connectivity index is 0.924. The van der Waals surface area contributed by atoms with Gasteiger partial charge in [-0.05, 0) is 55.3 Å². The minimum absolute atomic E-state index is 0.00364. The van der Waals surface area contributed by atoms with Crippen molar-refractivity contribution in [2.75, 3.05) is 84.1 Å². The molecule has 7 rings (SSSR count). The van der Waals surface area contributed by atoms with Crippen LogP contribution in [0.15, 0.2) is 47.1 Å². The second-order valence-electron chi connectivity index (χ2n) is 13.8. The number of piperazine rings is 1. The molecule has 2 amide bonds. The number of benzene rings is 2. The summed E-state index contributed by atoms with van der Waals surface area (Å²) in [6, 6.07) is 11.9. The fourth-order valence-electron chi connectivity index (χ4n) is 6.98. The molecule has 2 aliphatic rings. The number of ketones is 1. The number of carbonyl (C=O) groups is 3. The van der Waals surface area contributed by atoms with Crippen molar-refractivity contribution in [3.8, 4) is 11.3 Å². The zero-order valence-corrected chi connectivity index (χ0v) is 30.2. The summed E-state index contributed by atoms with van der Waals surface area (Å²) in [5.74, 6) is 0.494. The Morgan fingerprint density at radius 2 is 1.72 bits per heavy atom. The maximum Gasteiger partial charge on any atom is 0.292 e. The first kappa shape index (κ1) is 35.9. The first-order valence-corrected chi connectivity index (χ1v) is 17.9. The molecule has 0 radical (unpaired) electrons. The topological polar surface area (TPSA) is 195 Å². The third-order valence-corrected chi connectivity index (χ3v) is 9.89. The number of amides is 2. The van der Waals surface area contributed by atoms with E-state index in [9.17, 15) is 14.4 Å². The summed E-state index contributed by atoms with van der Waals surface area (Å²) in [6.07, 6.45) is 2.60. The van der Waals surface area contributed by atoms with Crippen molar-refractivity contribution < 1.29 is 23.5 Å². The maximum atomic E-state index is 13.3. The van der Waals surface area contributed by atoms with Gasteiger partial charge in [0.1, 0.15) is 29.1 Å². The number of carbonyl (C=O) groups excluding carboxylic acids is 3. The first-order valence-electron chi connectivity index (χ1n) is 17.9. The fraction of sp³-hybridized carbons (Fsp3) is 0.432. The lowest BCUT2D eigenvalue weighted by Gasteiger charge is -2.35. The highest BCUT2D eigenvalue weighted by Gasteiger charge is 2.26. The molecule has 0 saturated carbocycles. The molecule has 0 aliphatic carbocycles. The maximum absolute atomic E-state index is 13.3. The summed E-state index contributed by atoms with van der Waals surface area (Å²) in [5.41, 5.74) is 18.7. The minimum atomic E-state index is 0.00364. The van der Waals surface area contributed by atoms with E-state index < -0.39 is 0 Å². The molecule has 5 aromatic rings. The van der Waals surface area contributed by atoms with Crippen molar-refractivity contribution in [2.24, 2.45) is 0 Å². The van der Waals surface area contributed by atoms with Crippen molar-refractivity contribution in [3.05, 3.63) is 59.4 Å². The third-order valence-electron chi connectivity index (χ3n) is 9.89. The molecule has 3 aromatic heterocycles. The van der Waals surface area contributed by atoms with Crippen molar-refractivity contribution >= 4 is 51.6 Å². The van der Waals surface area contributed by atoms with Gasteiger partial charge in [-0.1, -0.05) is 18.2 Å². The van der Waals surface area contributed by atoms with E-state index in [1.807, 2.05) is 33.7 Å². The van der Waals surface area contributed by atoms with Gasteiger partial charge in [-0.3, -0.25) is 24.2 Å². The van der Waals surface area contributed by atoms with Crippen LogP contribution in [0.4, 0.5) is 11.8 Å². The lowest BCUT2D eigenvalue weighted by Crippen LogP contribution is -2.52. The molecule has 0 atom stereocenters. The second kappa shape index (κ2) is 15.7. The van der Waals surface area contributed by atoms with E-state index in [0.717, 1.165) is 42.7 Å². The Morgan fingerprint density at radius 3 is 2.51 bits per heavy atom. The van der Waals surface area contributed by atoms with E-state index in [1.54, 1.807) is 17.9 Å². The van der Waals surface area contributed by atoms with Crippen LogP contribution in [-0.2, 0) is 38.6 Å². The normalized spacial score (nSPS) is 15.1. The number of aromatic nitrogens is 5. The highest BCUT2D eigenvalue weighted by atomic mass is 16.5. The van der Waals surface area contributed by atoms with Crippen molar-refractivity contribution in [1.29, 1.82) is 0 Å². The van der Waals surface area contributed by atoms with Gasteiger partial charge < -0.3 is 30.4 Å². The lowest BCUT2D eigenvalue weighted by atomic mass is 9.97. The summed E-state index contributed by atoms with van der Waals surface area (Å²) in [6.45, 7) is 8.17. The van der Waals surface area contributed by atoms with E-state index in [-0.39, 0.29) is 36.7 Å². The number of ether oxygens (including phenoxy) is 1. The number of nitrogen functional groups attached to an aromatic ring is 2. The van der Waals surface area contributed by atoms with Gasteiger partial charge in [-0.25, -0.2) is 14.6 Å². The SMILES string of the molecule is CC(=O)CCOCCN1CCN(C(=O)CN(C)CC(=O)N2CCc3cc(Cn4nc(-c5ccc6oc(N)nc6c5)c5c(N)ncnc54)ccc3C2)CC1. The van der Waals surface area contributed by atoms with Crippen LogP contribution >= 0.6 is 0 Å². The van der Waals surface area contributed by atoms with Crippen molar-refractivity contribution in [3.63, 3.8) is 0 Å². The third kappa shape index (κ3) is 8.29. The van der Waals surface area contributed by atoms with Crippen LogP contribution < -0.4 is 11.5 Å². The van der Waals surface area contributed by atoms with Crippen LogP contribution in [0.2, 0.25) is 0 Å².